The number of alkyl halides is 3. The van der Waals surface area contributed by atoms with Crippen molar-refractivity contribution in [2.24, 2.45) is 0 Å². The number of halogens is 4. The zero-order chi connectivity index (χ0) is 18.2. The van der Waals surface area contributed by atoms with Crippen LogP contribution in [0.4, 0.5) is 23.2 Å². The number of benzene rings is 1. The first-order valence-electron chi connectivity index (χ1n) is 7.27. The topological polar surface area (TPSA) is 37.6 Å². The van der Waals surface area contributed by atoms with E-state index < -0.39 is 18.5 Å². The minimum Gasteiger partial charge on any atom is -0.357 e. The van der Waals surface area contributed by atoms with Gasteiger partial charge >= 0.3 is 6.18 Å². The number of hydrogen-bond acceptors (Lipinski definition) is 4. The van der Waals surface area contributed by atoms with E-state index >= 15 is 0 Å². The quantitative estimate of drug-likeness (QED) is 0.655. The fourth-order valence-corrected chi connectivity index (χ4v) is 3.29. The molecule has 0 aliphatic rings. The number of anilines is 1. The van der Waals surface area contributed by atoms with Gasteiger partial charge in [0.2, 0.25) is 0 Å². The van der Waals surface area contributed by atoms with Gasteiger partial charge in [-0.15, -0.1) is 11.3 Å². The second kappa shape index (κ2) is 6.47. The summed E-state index contributed by atoms with van der Waals surface area (Å²) in [6.45, 7) is 0.365. The summed E-state index contributed by atoms with van der Waals surface area (Å²) in [5.41, 5.74) is 0.0684. The number of aromatic nitrogens is 2. The molecule has 0 atom stereocenters. The lowest BCUT2D eigenvalue weighted by molar-refractivity contribution is -0.119. The molecule has 3 aromatic rings. The lowest BCUT2D eigenvalue weighted by Crippen LogP contribution is -2.34. The average molecular weight is 371 g/mol. The fourth-order valence-electron chi connectivity index (χ4n) is 2.44. The van der Waals surface area contributed by atoms with Crippen molar-refractivity contribution in [3.8, 4) is 0 Å². The Labute approximate surface area is 144 Å². The molecule has 0 fully saturated rings. The molecule has 0 saturated carbocycles. The number of rotatable bonds is 4. The van der Waals surface area contributed by atoms with Crippen LogP contribution in [0.1, 0.15) is 10.6 Å². The first kappa shape index (κ1) is 17.4. The molecule has 3 rings (SSSR count). The Kier molecular flexibility index (Phi) is 4.51. The van der Waals surface area contributed by atoms with Crippen molar-refractivity contribution in [1.82, 2.24) is 9.38 Å². The minimum atomic E-state index is -4.45. The molecule has 0 aliphatic heterocycles. The van der Waals surface area contributed by atoms with E-state index in [0.717, 1.165) is 21.9 Å². The monoisotopic (exact) mass is 371 g/mol. The van der Waals surface area contributed by atoms with Crippen LogP contribution in [0.2, 0.25) is 0 Å². The summed E-state index contributed by atoms with van der Waals surface area (Å²) in [5.74, 6) is -0.539. The van der Waals surface area contributed by atoms with E-state index in [0.29, 0.717) is 4.96 Å². The molecule has 0 N–H and O–H groups in total. The van der Waals surface area contributed by atoms with E-state index in [1.54, 1.807) is 6.20 Å². The molecule has 0 spiro atoms. The van der Waals surface area contributed by atoms with Crippen molar-refractivity contribution in [3.05, 3.63) is 63.3 Å². The number of nitrogens with zero attached hydrogens (tertiary/aromatic N) is 3. The third kappa shape index (κ3) is 4.16. The molecular weight excluding hydrogens is 358 g/mol. The third-order valence-electron chi connectivity index (χ3n) is 3.45. The van der Waals surface area contributed by atoms with Gasteiger partial charge in [0.1, 0.15) is 12.4 Å². The van der Waals surface area contributed by atoms with Gasteiger partial charge in [-0.1, -0.05) is 0 Å². The zero-order valence-electron chi connectivity index (χ0n) is 13.0. The van der Waals surface area contributed by atoms with Crippen LogP contribution in [0.3, 0.4) is 0 Å². The van der Waals surface area contributed by atoms with Gasteiger partial charge in [0.05, 0.1) is 12.2 Å². The smallest absolute Gasteiger partial charge is 0.357 e. The summed E-state index contributed by atoms with van der Waals surface area (Å²) in [5, 5.41) is 0. The summed E-state index contributed by atoms with van der Waals surface area (Å²) in [6.07, 6.45) is -2.82. The van der Waals surface area contributed by atoms with Crippen LogP contribution in [0.25, 0.3) is 4.96 Å². The normalized spacial score (nSPS) is 11.9. The highest BCUT2D eigenvalue weighted by Crippen LogP contribution is 2.24. The van der Waals surface area contributed by atoms with Crippen LogP contribution >= 0.6 is 11.3 Å². The van der Waals surface area contributed by atoms with E-state index in [1.807, 2.05) is 6.92 Å². The van der Waals surface area contributed by atoms with Crippen LogP contribution < -0.4 is 10.5 Å². The van der Waals surface area contributed by atoms with Gasteiger partial charge in [-0.25, -0.2) is 9.37 Å². The minimum absolute atomic E-state index is 0.197. The molecule has 0 saturated heterocycles. The van der Waals surface area contributed by atoms with Crippen molar-refractivity contribution in [2.75, 3.05) is 11.4 Å². The Bertz CT molecular complexity index is 947. The van der Waals surface area contributed by atoms with Crippen molar-refractivity contribution in [2.45, 2.75) is 19.6 Å². The Hall–Kier alpha value is -2.42. The van der Waals surface area contributed by atoms with Crippen LogP contribution in [-0.4, -0.2) is 22.1 Å². The van der Waals surface area contributed by atoms with E-state index in [1.165, 1.54) is 33.9 Å². The van der Waals surface area contributed by atoms with Gasteiger partial charge in [0, 0.05) is 22.8 Å². The number of fused-ring (bicyclic) bond motifs is 1. The second-order valence-electron chi connectivity index (χ2n) is 5.53. The second-order valence-corrected chi connectivity index (χ2v) is 6.74. The van der Waals surface area contributed by atoms with Gasteiger partial charge in [-0.05, 0) is 31.2 Å². The summed E-state index contributed by atoms with van der Waals surface area (Å²) in [4.78, 5) is 18.7. The zero-order valence-corrected chi connectivity index (χ0v) is 13.9. The molecule has 25 heavy (non-hydrogen) atoms. The number of hydrogen-bond donors (Lipinski definition) is 0. The van der Waals surface area contributed by atoms with Crippen LogP contribution in [0.5, 0.6) is 0 Å². The largest absolute Gasteiger partial charge is 0.405 e. The molecule has 2 aromatic heterocycles. The van der Waals surface area contributed by atoms with E-state index in [4.69, 9.17) is 0 Å². The van der Waals surface area contributed by atoms with Crippen molar-refractivity contribution < 1.29 is 17.6 Å². The third-order valence-corrected chi connectivity index (χ3v) is 4.35. The van der Waals surface area contributed by atoms with Gasteiger partial charge in [0.15, 0.2) is 4.96 Å². The lowest BCUT2D eigenvalue weighted by atomic mass is 10.2. The average Bonchev–Trinajstić information content (AvgIpc) is 2.87. The van der Waals surface area contributed by atoms with Gasteiger partial charge < -0.3 is 4.90 Å². The molecule has 0 bridgehead atoms. The number of aryl methyl sites for hydroxylation is 1. The van der Waals surface area contributed by atoms with E-state index in [2.05, 4.69) is 4.98 Å². The summed E-state index contributed by atoms with van der Waals surface area (Å²) in [7, 11) is 0. The maximum Gasteiger partial charge on any atom is 0.405 e. The number of thiazole rings is 1. The van der Waals surface area contributed by atoms with Crippen LogP contribution in [-0.2, 0) is 6.54 Å². The maximum atomic E-state index is 13.0. The van der Waals surface area contributed by atoms with E-state index in [-0.39, 0.29) is 23.5 Å². The standard InChI is InChI=1S/C16H13F4N3OS/c1-10-7-23-14(24)6-12(21-15(23)25-10)8-22(9-16(18,19)20)13-4-2-11(17)3-5-13/h2-7H,8-9H2,1H3. The van der Waals surface area contributed by atoms with Crippen molar-refractivity contribution in [1.29, 1.82) is 0 Å². The highest BCUT2D eigenvalue weighted by Gasteiger charge is 2.31. The van der Waals surface area contributed by atoms with Crippen molar-refractivity contribution in [3.63, 3.8) is 0 Å². The van der Waals surface area contributed by atoms with Gasteiger partial charge in [0.25, 0.3) is 5.56 Å². The Morgan fingerprint density at radius 1 is 1.24 bits per heavy atom. The molecule has 0 aliphatic carbocycles. The summed E-state index contributed by atoms with van der Waals surface area (Å²) in [6, 6.07) is 5.93. The highest BCUT2D eigenvalue weighted by molar-refractivity contribution is 7.16. The summed E-state index contributed by atoms with van der Waals surface area (Å²) < 4.78 is 53.1. The molecule has 132 valence electrons. The predicted octanol–water partition coefficient (Wildman–Crippen LogP) is 3.77. The lowest BCUT2D eigenvalue weighted by Gasteiger charge is -2.25. The summed E-state index contributed by atoms with van der Waals surface area (Å²) >= 11 is 1.28. The highest BCUT2D eigenvalue weighted by atomic mass is 32.1. The molecule has 4 nitrogen and oxygen atoms in total. The Morgan fingerprint density at radius 2 is 1.92 bits per heavy atom. The van der Waals surface area contributed by atoms with Gasteiger partial charge in [-0.3, -0.25) is 9.20 Å². The van der Waals surface area contributed by atoms with Crippen LogP contribution in [0, 0.1) is 12.7 Å². The predicted molar refractivity (Wildman–Crippen MR) is 87.6 cm³/mol. The molecule has 2 heterocycles. The van der Waals surface area contributed by atoms with E-state index in [9.17, 15) is 22.4 Å². The molecular formula is C16H13F4N3OS. The first-order valence-corrected chi connectivity index (χ1v) is 8.09. The molecule has 9 heteroatoms. The van der Waals surface area contributed by atoms with Crippen molar-refractivity contribution >= 4 is 22.0 Å². The molecule has 0 amide bonds. The fraction of sp³-hybridized carbons (Fsp3) is 0.250. The van der Waals surface area contributed by atoms with Gasteiger partial charge in [-0.2, -0.15) is 13.2 Å². The maximum absolute atomic E-state index is 13.0. The first-order chi connectivity index (χ1) is 11.7. The molecule has 0 radical (unpaired) electrons. The molecule has 0 unspecified atom stereocenters. The Morgan fingerprint density at radius 3 is 2.56 bits per heavy atom. The van der Waals surface area contributed by atoms with Crippen LogP contribution in [0.15, 0.2) is 41.3 Å². The molecule has 1 aromatic carbocycles. The SMILES string of the molecule is Cc1cn2c(=O)cc(CN(CC(F)(F)F)c3ccc(F)cc3)nc2s1. The Balaban J connectivity index is 1.97.